The fraction of sp³-hybridized carbons (Fsp3) is 0.957. The third-order valence-corrected chi connectivity index (χ3v) is 8.72. The Kier molecular flexibility index (Phi) is 8.73. The Morgan fingerprint density at radius 3 is 1.52 bits per heavy atom. The molecule has 0 aromatic carbocycles. The molecular weight excluding hydrogens is 386 g/mol. The van der Waals surface area contributed by atoms with Gasteiger partial charge in [-0.2, -0.15) is 0 Å². The van der Waals surface area contributed by atoms with Crippen molar-refractivity contribution >= 4 is 17.9 Å². The van der Waals surface area contributed by atoms with Gasteiger partial charge in [-0.05, 0) is 70.1 Å². The second kappa shape index (κ2) is 10.8. The van der Waals surface area contributed by atoms with E-state index in [1.807, 2.05) is 13.8 Å². The van der Waals surface area contributed by atoms with Crippen LogP contribution < -0.4 is 5.32 Å². The molecule has 6 heteroatoms. The summed E-state index contributed by atoms with van der Waals surface area (Å²) in [7, 11) is 0. The summed E-state index contributed by atoms with van der Waals surface area (Å²) in [5, 5.41) is 16.1. The van der Waals surface area contributed by atoms with E-state index in [0.29, 0.717) is 17.8 Å². The summed E-state index contributed by atoms with van der Waals surface area (Å²) < 4.78 is 3.85. The molecule has 0 saturated heterocycles. The predicted octanol–water partition coefficient (Wildman–Crippen LogP) is 6.43. The third-order valence-electron chi connectivity index (χ3n) is 7.99. The zero-order valence-corrected chi connectivity index (χ0v) is 19.2. The van der Waals surface area contributed by atoms with Crippen molar-refractivity contribution in [3.8, 4) is 0 Å². The van der Waals surface area contributed by atoms with Crippen LogP contribution >= 0.6 is 12.0 Å². The minimum atomic E-state index is -0.827. The summed E-state index contributed by atoms with van der Waals surface area (Å²) in [5.74, 6) is 1.77. The maximum Gasteiger partial charge on any atom is 0.238 e. The van der Waals surface area contributed by atoms with Crippen molar-refractivity contribution in [1.29, 1.82) is 0 Å². The van der Waals surface area contributed by atoms with Crippen LogP contribution in [0.5, 0.6) is 0 Å². The van der Waals surface area contributed by atoms with Gasteiger partial charge in [-0.25, -0.2) is 5.26 Å². The average molecular weight is 428 g/mol. The Morgan fingerprint density at radius 1 is 0.793 bits per heavy atom. The monoisotopic (exact) mass is 427 g/mol. The highest BCUT2D eigenvalue weighted by atomic mass is 32.2. The van der Waals surface area contributed by atoms with Crippen LogP contribution in [-0.2, 0) is 14.2 Å². The lowest BCUT2D eigenvalue weighted by Crippen LogP contribution is -2.66. The molecule has 0 unspecified atom stereocenters. The van der Waals surface area contributed by atoms with Gasteiger partial charge >= 0.3 is 0 Å². The van der Waals surface area contributed by atoms with Gasteiger partial charge < -0.3 is 5.32 Å². The zero-order chi connectivity index (χ0) is 20.7. The van der Waals surface area contributed by atoms with Gasteiger partial charge in [0.05, 0.1) is 12.0 Å². The van der Waals surface area contributed by atoms with Crippen LogP contribution in [0.3, 0.4) is 0 Å². The van der Waals surface area contributed by atoms with E-state index in [1.165, 1.54) is 96.3 Å². The number of carbonyl (C=O) groups is 1. The number of hydrogen-bond donors (Lipinski definition) is 2. The van der Waals surface area contributed by atoms with E-state index in [0.717, 1.165) is 12.0 Å². The second-order valence-electron chi connectivity index (χ2n) is 10.1. The first-order chi connectivity index (χ1) is 14.0. The van der Waals surface area contributed by atoms with Crippen LogP contribution in [-0.4, -0.2) is 21.5 Å². The molecule has 3 saturated carbocycles. The van der Waals surface area contributed by atoms with E-state index in [1.54, 1.807) is 0 Å². The van der Waals surface area contributed by atoms with E-state index in [4.69, 9.17) is 5.26 Å². The fourth-order valence-electron chi connectivity index (χ4n) is 6.53. The molecule has 0 aliphatic heterocycles. The lowest BCUT2D eigenvalue weighted by molar-refractivity contribution is -0.432. The minimum absolute atomic E-state index is 0.0151. The van der Waals surface area contributed by atoms with Crippen molar-refractivity contribution in [1.82, 2.24) is 5.32 Å². The molecule has 0 heterocycles. The van der Waals surface area contributed by atoms with Gasteiger partial charge in [0.2, 0.25) is 5.91 Å². The van der Waals surface area contributed by atoms with E-state index < -0.39 is 4.75 Å². The van der Waals surface area contributed by atoms with Crippen LogP contribution in [0, 0.1) is 17.8 Å². The van der Waals surface area contributed by atoms with Crippen LogP contribution in [0.2, 0.25) is 0 Å². The minimum Gasteiger partial charge on any atom is -0.349 e. The third kappa shape index (κ3) is 5.50. The van der Waals surface area contributed by atoms with Gasteiger partial charge in [0.25, 0.3) is 0 Å². The van der Waals surface area contributed by atoms with Crippen molar-refractivity contribution in [2.45, 2.75) is 120 Å². The topological polar surface area (TPSA) is 67.8 Å². The molecule has 3 fully saturated rings. The molecule has 1 amide bonds. The number of hydrogen-bond acceptors (Lipinski definition) is 5. The number of nitrogens with one attached hydrogen (secondary N) is 1. The molecule has 3 aliphatic carbocycles. The van der Waals surface area contributed by atoms with Gasteiger partial charge in [-0.1, -0.05) is 62.8 Å². The quantitative estimate of drug-likeness (QED) is 0.265. The average Bonchev–Trinajstić information content (AvgIpc) is 2.77. The summed E-state index contributed by atoms with van der Waals surface area (Å²) in [4.78, 5) is 13.6. The lowest BCUT2D eigenvalue weighted by Gasteiger charge is -2.55. The standard InChI is InChI=1S/C23H41NO4S/c1-22(2,29-28-27-26)21(25)24-23(18-12-6-3-7-13-18,19-14-8-4-9-15-19)20-16-10-5-11-17-20/h18-20,26H,3-17H2,1-2H3,(H,24,25). The number of amides is 1. The largest absolute Gasteiger partial charge is 0.349 e. The van der Waals surface area contributed by atoms with Gasteiger partial charge in [0.15, 0.2) is 0 Å². The summed E-state index contributed by atoms with van der Waals surface area (Å²) >= 11 is 0.883. The summed E-state index contributed by atoms with van der Waals surface area (Å²) in [5.41, 5.74) is -0.0871. The van der Waals surface area contributed by atoms with Crippen LogP contribution in [0.4, 0.5) is 0 Å². The van der Waals surface area contributed by atoms with Crippen molar-refractivity contribution in [3.05, 3.63) is 0 Å². The second-order valence-corrected chi connectivity index (χ2v) is 11.5. The molecule has 0 atom stereocenters. The Balaban J connectivity index is 1.93. The molecular formula is C23H41NO4S. The molecule has 0 aromatic heterocycles. The highest BCUT2D eigenvalue weighted by Crippen LogP contribution is 2.51. The molecule has 29 heavy (non-hydrogen) atoms. The van der Waals surface area contributed by atoms with Gasteiger partial charge in [0, 0.05) is 5.54 Å². The van der Waals surface area contributed by atoms with Crippen molar-refractivity contribution in [3.63, 3.8) is 0 Å². The van der Waals surface area contributed by atoms with Crippen LogP contribution in [0.25, 0.3) is 0 Å². The SMILES string of the molecule is CC(C)(SOOO)C(=O)NC(C1CCCCC1)(C1CCCCC1)C1CCCCC1. The molecule has 0 aromatic rings. The molecule has 3 aliphatic rings. The molecule has 2 N–H and O–H groups in total. The lowest BCUT2D eigenvalue weighted by atomic mass is 9.56. The first-order valence-corrected chi connectivity index (χ1v) is 12.7. The Hall–Kier alpha value is -0.300. The Bertz CT molecular complexity index is 463. The van der Waals surface area contributed by atoms with Gasteiger partial charge in [-0.3, -0.25) is 4.79 Å². The zero-order valence-electron chi connectivity index (χ0n) is 18.4. The number of rotatable bonds is 8. The van der Waals surface area contributed by atoms with Crippen LogP contribution in [0.15, 0.2) is 0 Å². The molecule has 0 radical (unpaired) electrons. The molecule has 3 rings (SSSR count). The molecule has 0 spiro atoms. The summed E-state index contributed by atoms with van der Waals surface area (Å²) in [6.45, 7) is 3.69. The van der Waals surface area contributed by atoms with E-state index in [9.17, 15) is 4.79 Å². The van der Waals surface area contributed by atoms with Gasteiger partial charge in [-0.15, -0.1) is 4.33 Å². The van der Waals surface area contributed by atoms with Crippen LogP contribution in [0.1, 0.15) is 110 Å². The fourth-order valence-corrected chi connectivity index (χ4v) is 6.86. The molecule has 5 nitrogen and oxygen atoms in total. The summed E-state index contributed by atoms with van der Waals surface area (Å²) in [6.07, 6.45) is 19.2. The van der Waals surface area contributed by atoms with Crippen molar-refractivity contribution in [2.75, 3.05) is 0 Å². The smallest absolute Gasteiger partial charge is 0.238 e. The summed E-state index contributed by atoms with van der Waals surface area (Å²) in [6, 6.07) is 0. The number of carbonyl (C=O) groups excluding carboxylic acids is 1. The Labute approximate surface area is 181 Å². The first kappa shape index (κ1) is 23.4. The molecule has 0 bridgehead atoms. The maximum absolute atomic E-state index is 13.6. The molecule has 168 valence electrons. The highest BCUT2D eigenvalue weighted by Gasteiger charge is 2.53. The van der Waals surface area contributed by atoms with E-state index >= 15 is 0 Å². The van der Waals surface area contributed by atoms with Crippen molar-refractivity contribution in [2.24, 2.45) is 17.8 Å². The van der Waals surface area contributed by atoms with Gasteiger partial charge in [0.1, 0.15) is 4.75 Å². The van der Waals surface area contributed by atoms with E-state index in [-0.39, 0.29) is 11.4 Å². The van der Waals surface area contributed by atoms with Crippen molar-refractivity contribution < 1.29 is 19.4 Å². The Morgan fingerprint density at radius 2 is 1.17 bits per heavy atom. The predicted molar refractivity (Wildman–Crippen MR) is 117 cm³/mol. The highest BCUT2D eigenvalue weighted by molar-refractivity contribution is 7.96. The van der Waals surface area contributed by atoms with E-state index in [2.05, 4.69) is 14.7 Å². The normalized spacial score (nSPS) is 23.8. The maximum atomic E-state index is 13.6. The first-order valence-electron chi connectivity index (χ1n) is 12.0.